The van der Waals surface area contributed by atoms with E-state index in [0.29, 0.717) is 16.4 Å². The van der Waals surface area contributed by atoms with Crippen molar-refractivity contribution in [3.63, 3.8) is 0 Å². The molecule has 0 spiro atoms. The van der Waals surface area contributed by atoms with Crippen LogP contribution < -0.4 is 5.32 Å². The van der Waals surface area contributed by atoms with E-state index < -0.39 is 17.6 Å². The lowest BCUT2D eigenvalue weighted by atomic mass is 10.2. The number of aromatic nitrogens is 1. The van der Waals surface area contributed by atoms with Crippen molar-refractivity contribution in [3.05, 3.63) is 35.2 Å². The molecule has 0 saturated heterocycles. The smallest absolute Gasteiger partial charge is 0.313 e. The molecule has 22 heavy (non-hydrogen) atoms. The van der Waals surface area contributed by atoms with Gasteiger partial charge in [-0.25, -0.2) is 13.8 Å². The number of benzene rings is 1. The summed E-state index contributed by atoms with van der Waals surface area (Å²) in [7, 11) is 0. The van der Waals surface area contributed by atoms with Gasteiger partial charge in [0.2, 0.25) is 5.91 Å². The molecule has 2 rings (SSSR count). The van der Waals surface area contributed by atoms with Crippen molar-refractivity contribution < 1.29 is 23.5 Å². The van der Waals surface area contributed by atoms with Crippen molar-refractivity contribution in [1.29, 1.82) is 0 Å². The third kappa shape index (κ3) is 4.50. The van der Waals surface area contributed by atoms with Crippen LogP contribution in [-0.4, -0.2) is 33.5 Å². The van der Waals surface area contributed by atoms with Gasteiger partial charge in [-0.2, -0.15) is 0 Å². The van der Waals surface area contributed by atoms with Crippen molar-refractivity contribution >= 4 is 40.1 Å². The molecule has 1 heterocycles. The topological polar surface area (TPSA) is 79.3 Å². The number of nitrogens with one attached hydrogen (secondary N) is 1. The Morgan fingerprint density at radius 1 is 1.27 bits per heavy atom. The van der Waals surface area contributed by atoms with Crippen LogP contribution in [0.15, 0.2) is 23.6 Å². The molecule has 0 aliphatic rings. The summed E-state index contributed by atoms with van der Waals surface area (Å²) < 4.78 is 26.0. The Labute approximate surface area is 132 Å². The summed E-state index contributed by atoms with van der Waals surface area (Å²) in [4.78, 5) is 26.0. The van der Waals surface area contributed by atoms with E-state index in [1.807, 2.05) is 0 Å². The van der Waals surface area contributed by atoms with Gasteiger partial charge in [0.25, 0.3) is 0 Å². The van der Waals surface area contributed by atoms with Crippen molar-refractivity contribution in [2.45, 2.75) is 0 Å². The molecular weight excluding hydrogens is 334 g/mol. The highest BCUT2D eigenvalue weighted by Crippen LogP contribution is 2.26. The van der Waals surface area contributed by atoms with Gasteiger partial charge in [0.05, 0.1) is 17.2 Å². The van der Waals surface area contributed by atoms with Crippen LogP contribution in [-0.2, 0) is 9.59 Å². The maximum atomic E-state index is 13.2. The quantitative estimate of drug-likeness (QED) is 0.842. The van der Waals surface area contributed by atoms with Crippen molar-refractivity contribution in [3.8, 4) is 11.3 Å². The minimum Gasteiger partial charge on any atom is -0.481 e. The van der Waals surface area contributed by atoms with Crippen LogP contribution >= 0.6 is 23.1 Å². The predicted octanol–water partition coefficient (Wildman–Crippen LogP) is 2.84. The Morgan fingerprint density at radius 3 is 2.73 bits per heavy atom. The lowest BCUT2D eigenvalue weighted by Gasteiger charge is -2.00. The number of aliphatic carboxylic acids is 1. The second-order valence-corrected chi connectivity index (χ2v) is 5.95. The van der Waals surface area contributed by atoms with E-state index in [2.05, 4.69) is 10.3 Å². The summed E-state index contributed by atoms with van der Waals surface area (Å²) in [5.74, 6) is -3.45. The van der Waals surface area contributed by atoms with Gasteiger partial charge in [-0.15, -0.1) is 23.1 Å². The molecule has 2 aromatic rings. The Morgan fingerprint density at radius 2 is 2.05 bits per heavy atom. The normalized spacial score (nSPS) is 10.5. The van der Waals surface area contributed by atoms with Crippen molar-refractivity contribution in [1.82, 2.24) is 4.98 Å². The molecule has 9 heteroatoms. The number of thioether (sulfide) groups is 1. The monoisotopic (exact) mass is 344 g/mol. The van der Waals surface area contributed by atoms with Gasteiger partial charge in [-0.05, 0) is 18.2 Å². The highest BCUT2D eigenvalue weighted by molar-refractivity contribution is 8.00. The molecule has 1 amide bonds. The number of nitrogens with zero attached hydrogens (tertiary/aromatic N) is 1. The highest BCUT2D eigenvalue weighted by atomic mass is 32.2. The average molecular weight is 344 g/mol. The predicted molar refractivity (Wildman–Crippen MR) is 81.1 cm³/mol. The second kappa shape index (κ2) is 7.32. The highest BCUT2D eigenvalue weighted by Gasteiger charge is 2.10. The van der Waals surface area contributed by atoms with Crippen LogP contribution in [0.4, 0.5) is 13.9 Å². The number of carboxylic acid groups (broad SMARTS) is 1. The zero-order valence-electron chi connectivity index (χ0n) is 11.0. The fourth-order valence-corrected chi connectivity index (χ4v) is 2.78. The number of halogens is 2. The third-order valence-electron chi connectivity index (χ3n) is 2.42. The summed E-state index contributed by atoms with van der Waals surface area (Å²) in [6.07, 6.45) is 0. The molecule has 116 valence electrons. The number of amides is 1. The van der Waals surface area contributed by atoms with E-state index in [0.717, 1.165) is 35.2 Å². The molecule has 0 aliphatic carbocycles. The number of hydrogen-bond donors (Lipinski definition) is 2. The largest absolute Gasteiger partial charge is 0.481 e. The lowest BCUT2D eigenvalue weighted by molar-refractivity contribution is -0.133. The van der Waals surface area contributed by atoms with Crippen LogP contribution in [0.5, 0.6) is 0 Å². The molecule has 0 fully saturated rings. The van der Waals surface area contributed by atoms with Gasteiger partial charge in [0.15, 0.2) is 16.8 Å². The zero-order chi connectivity index (χ0) is 16.1. The lowest BCUT2D eigenvalue weighted by Crippen LogP contribution is -2.15. The van der Waals surface area contributed by atoms with E-state index in [1.54, 1.807) is 5.38 Å². The molecular formula is C13H10F2N2O3S2. The molecule has 0 unspecified atom stereocenters. The molecule has 1 aromatic heterocycles. The maximum Gasteiger partial charge on any atom is 0.313 e. The van der Waals surface area contributed by atoms with Crippen molar-refractivity contribution in [2.75, 3.05) is 16.8 Å². The Kier molecular flexibility index (Phi) is 5.45. The number of carbonyl (C=O) groups is 2. The summed E-state index contributed by atoms with van der Waals surface area (Å²) in [6, 6.07) is 3.42. The first-order valence-corrected chi connectivity index (χ1v) is 7.99. The summed E-state index contributed by atoms with van der Waals surface area (Å²) in [5.41, 5.74) is 0.813. The minimum atomic E-state index is -0.993. The van der Waals surface area contributed by atoms with E-state index in [9.17, 15) is 18.4 Å². The van der Waals surface area contributed by atoms with Crippen LogP contribution in [0.1, 0.15) is 0 Å². The first kappa shape index (κ1) is 16.4. The summed E-state index contributed by atoms with van der Waals surface area (Å²) in [6.45, 7) is 0. The van der Waals surface area contributed by atoms with Crippen LogP contribution in [0, 0.1) is 11.6 Å². The van der Waals surface area contributed by atoms with Gasteiger partial charge < -0.3 is 10.4 Å². The minimum absolute atomic E-state index is 0.00755. The molecule has 0 atom stereocenters. The van der Waals surface area contributed by atoms with Crippen LogP contribution in [0.25, 0.3) is 11.3 Å². The van der Waals surface area contributed by atoms with Gasteiger partial charge in [-0.3, -0.25) is 9.59 Å². The average Bonchev–Trinajstić information content (AvgIpc) is 2.90. The molecule has 0 aliphatic heterocycles. The third-order valence-corrected chi connectivity index (χ3v) is 4.10. The van der Waals surface area contributed by atoms with Gasteiger partial charge in [0, 0.05) is 10.9 Å². The Bertz CT molecular complexity index is 706. The Hall–Kier alpha value is -2.00. The summed E-state index contributed by atoms with van der Waals surface area (Å²) >= 11 is 2.11. The van der Waals surface area contributed by atoms with Crippen LogP contribution in [0.3, 0.4) is 0 Å². The van der Waals surface area contributed by atoms with Gasteiger partial charge >= 0.3 is 5.97 Å². The van der Waals surface area contributed by atoms with Crippen LogP contribution in [0.2, 0.25) is 0 Å². The molecule has 1 aromatic carbocycles. The zero-order valence-corrected chi connectivity index (χ0v) is 12.6. The van der Waals surface area contributed by atoms with E-state index in [4.69, 9.17) is 5.11 Å². The van der Waals surface area contributed by atoms with E-state index in [1.165, 1.54) is 6.07 Å². The number of rotatable bonds is 6. The molecule has 0 saturated carbocycles. The fraction of sp³-hybridized carbons (Fsp3) is 0.154. The number of thiazole rings is 1. The number of carbonyl (C=O) groups excluding carboxylic acids is 1. The fourth-order valence-electron chi connectivity index (χ4n) is 1.51. The van der Waals surface area contributed by atoms with E-state index in [-0.39, 0.29) is 17.4 Å². The molecule has 0 radical (unpaired) electrons. The number of anilines is 1. The van der Waals surface area contributed by atoms with Gasteiger partial charge in [-0.1, -0.05) is 0 Å². The van der Waals surface area contributed by atoms with Crippen molar-refractivity contribution in [2.24, 2.45) is 0 Å². The number of hydrogen-bond acceptors (Lipinski definition) is 5. The van der Waals surface area contributed by atoms with Gasteiger partial charge in [0.1, 0.15) is 0 Å². The second-order valence-electron chi connectivity index (χ2n) is 4.10. The Balaban J connectivity index is 1.97. The van der Waals surface area contributed by atoms with E-state index >= 15 is 0 Å². The SMILES string of the molecule is O=C(O)CSCC(=O)Nc1nc(-c2ccc(F)c(F)c2)cs1. The standard InChI is InChI=1S/C13H10F2N2O3S2/c14-8-2-1-7(3-9(8)15)10-4-22-13(16-10)17-11(18)5-21-6-12(19)20/h1-4H,5-6H2,(H,19,20)(H,16,17,18). The molecule has 2 N–H and O–H groups in total. The molecule has 5 nitrogen and oxygen atoms in total. The maximum absolute atomic E-state index is 13.2. The summed E-state index contributed by atoms with van der Waals surface area (Å²) in [5, 5.41) is 12.9. The first-order valence-electron chi connectivity index (χ1n) is 5.96. The number of carboxylic acids is 1. The molecule has 0 bridgehead atoms. The first-order chi connectivity index (χ1) is 10.5.